The molecule has 1 spiro atoms. The summed E-state index contributed by atoms with van der Waals surface area (Å²) in [6.07, 6.45) is 4.37. The topological polar surface area (TPSA) is 56.8 Å². The Morgan fingerprint density at radius 3 is 2.60 bits per heavy atom. The lowest BCUT2D eigenvalue weighted by molar-refractivity contribution is -0.116. The fraction of sp³-hybridized carbons (Fsp3) is 0.350. The highest BCUT2D eigenvalue weighted by molar-refractivity contribution is 5.91. The van der Waals surface area contributed by atoms with Crippen molar-refractivity contribution in [1.29, 1.82) is 0 Å². The summed E-state index contributed by atoms with van der Waals surface area (Å²) in [5, 5.41) is 2.88. The normalized spacial score (nSPS) is 16.8. The Hall–Kier alpha value is -2.69. The molecule has 0 saturated heterocycles. The van der Waals surface area contributed by atoms with Gasteiger partial charge in [0.25, 0.3) is 5.79 Å². The standard InChI is InChI=1S/C20H21NO4/c22-19(10-13-23-16-6-2-1-3-7-16)21-15-8-9-17-18(14-15)25-20(24-17)11-4-5-12-20/h1-3,6-9,14H,4-5,10-13H2,(H,21,22). The largest absolute Gasteiger partial charge is 0.493 e. The van der Waals surface area contributed by atoms with Gasteiger partial charge in [0.2, 0.25) is 5.91 Å². The molecule has 1 saturated carbocycles. The van der Waals surface area contributed by atoms with Gasteiger partial charge in [-0.25, -0.2) is 0 Å². The number of anilines is 1. The summed E-state index contributed by atoms with van der Waals surface area (Å²) in [4.78, 5) is 12.1. The van der Waals surface area contributed by atoms with Gasteiger partial charge < -0.3 is 19.5 Å². The molecule has 5 nitrogen and oxygen atoms in total. The van der Waals surface area contributed by atoms with Crippen LogP contribution in [-0.4, -0.2) is 18.3 Å². The Kier molecular flexibility index (Phi) is 4.22. The number of hydrogen-bond acceptors (Lipinski definition) is 4. The van der Waals surface area contributed by atoms with Crippen molar-refractivity contribution in [3.05, 3.63) is 48.5 Å². The van der Waals surface area contributed by atoms with E-state index in [4.69, 9.17) is 14.2 Å². The fourth-order valence-electron chi connectivity index (χ4n) is 3.29. The molecule has 2 aromatic rings. The number of ether oxygens (including phenoxy) is 3. The van der Waals surface area contributed by atoms with Crippen LogP contribution < -0.4 is 19.5 Å². The van der Waals surface area contributed by atoms with Crippen molar-refractivity contribution in [2.45, 2.75) is 37.9 Å². The summed E-state index contributed by atoms with van der Waals surface area (Å²) in [5.41, 5.74) is 0.710. The van der Waals surface area contributed by atoms with Crippen molar-refractivity contribution < 1.29 is 19.0 Å². The molecule has 1 heterocycles. The van der Waals surface area contributed by atoms with E-state index in [2.05, 4.69) is 5.32 Å². The summed E-state index contributed by atoms with van der Waals surface area (Å²) in [5.74, 6) is 1.66. The van der Waals surface area contributed by atoms with Crippen LogP contribution in [0, 0.1) is 0 Å². The molecule has 0 radical (unpaired) electrons. The molecular formula is C20H21NO4. The smallest absolute Gasteiger partial charge is 0.251 e. The summed E-state index contributed by atoms with van der Waals surface area (Å²) in [6, 6.07) is 15.0. The van der Waals surface area contributed by atoms with E-state index in [0.717, 1.165) is 37.2 Å². The molecule has 5 heteroatoms. The monoisotopic (exact) mass is 339 g/mol. The number of para-hydroxylation sites is 1. The third kappa shape index (κ3) is 3.55. The minimum atomic E-state index is -0.478. The Morgan fingerprint density at radius 2 is 1.80 bits per heavy atom. The van der Waals surface area contributed by atoms with E-state index in [1.807, 2.05) is 48.5 Å². The molecule has 0 aromatic heterocycles. The molecule has 1 amide bonds. The van der Waals surface area contributed by atoms with Crippen LogP contribution in [0.5, 0.6) is 17.2 Å². The Labute approximate surface area is 146 Å². The quantitative estimate of drug-likeness (QED) is 0.890. The van der Waals surface area contributed by atoms with Crippen molar-refractivity contribution in [3.8, 4) is 17.2 Å². The second-order valence-electron chi connectivity index (χ2n) is 6.44. The maximum atomic E-state index is 12.1. The van der Waals surface area contributed by atoms with E-state index >= 15 is 0 Å². The Balaban J connectivity index is 1.31. The molecule has 1 N–H and O–H groups in total. The lowest BCUT2D eigenvalue weighted by Crippen LogP contribution is -2.34. The molecule has 130 valence electrons. The van der Waals surface area contributed by atoms with Gasteiger partial charge in [0, 0.05) is 24.6 Å². The molecular weight excluding hydrogens is 318 g/mol. The summed E-state index contributed by atoms with van der Waals surface area (Å²) < 4.78 is 17.5. The average Bonchev–Trinajstić information content (AvgIpc) is 3.21. The van der Waals surface area contributed by atoms with Crippen LogP contribution in [-0.2, 0) is 4.79 Å². The van der Waals surface area contributed by atoms with Gasteiger partial charge in [-0.15, -0.1) is 0 Å². The first-order valence-electron chi connectivity index (χ1n) is 8.72. The molecule has 2 aliphatic rings. The number of hydrogen-bond donors (Lipinski definition) is 1. The highest BCUT2D eigenvalue weighted by atomic mass is 16.7. The number of rotatable bonds is 5. The molecule has 0 atom stereocenters. The predicted molar refractivity (Wildman–Crippen MR) is 94.1 cm³/mol. The van der Waals surface area contributed by atoms with Crippen LogP contribution in [0.15, 0.2) is 48.5 Å². The van der Waals surface area contributed by atoms with E-state index in [1.54, 1.807) is 0 Å². The van der Waals surface area contributed by atoms with Gasteiger partial charge in [-0.05, 0) is 37.1 Å². The first-order valence-corrected chi connectivity index (χ1v) is 8.72. The first-order chi connectivity index (χ1) is 12.2. The first kappa shape index (κ1) is 15.8. The minimum Gasteiger partial charge on any atom is -0.493 e. The highest BCUT2D eigenvalue weighted by Crippen LogP contribution is 2.47. The van der Waals surface area contributed by atoms with Gasteiger partial charge in [-0.1, -0.05) is 18.2 Å². The summed E-state index contributed by atoms with van der Waals surface area (Å²) in [6.45, 7) is 0.337. The van der Waals surface area contributed by atoms with E-state index < -0.39 is 5.79 Å². The van der Waals surface area contributed by atoms with E-state index in [0.29, 0.717) is 18.0 Å². The van der Waals surface area contributed by atoms with Crippen molar-refractivity contribution in [2.24, 2.45) is 0 Å². The van der Waals surface area contributed by atoms with Crippen LogP contribution in [0.25, 0.3) is 0 Å². The molecule has 4 rings (SSSR count). The number of carbonyl (C=O) groups excluding carboxylic acids is 1. The second kappa shape index (κ2) is 6.67. The zero-order valence-corrected chi connectivity index (χ0v) is 14.0. The maximum absolute atomic E-state index is 12.1. The fourth-order valence-corrected chi connectivity index (χ4v) is 3.29. The van der Waals surface area contributed by atoms with Crippen molar-refractivity contribution in [1.82, 2.24) is 0 Å². The van der Waals surface area contributed by atoms with E-state index in [-0.39, 0.29) is 12.3 Å². The molecule has 1 fully saturated rings. The second-order valence-corrected chi connectivity index (χ2v) is 6.44. The van der Waals surface area contributed by atoms with Crippen LogP contribution in [0.4, 0.5) is 5.69 Å². The Morgan fingerprint density at radius 1 is 1.04 bits per heavy atom. The van der Waals surface area contributed by atoms with Gasteiger partial charge in [-0.3, -0.25) is 4.79 Å². The van der Waals surface area contributed by atoms with Crippen molar-refractivity contribution in [3.63, 3.8) is 0 Å². The van der Waals surface area contributed by atoms with E-state index in [1.165, 1.54) is 0 Å². The van der Waals surface area contributed by atoms with Gasteiger partial charge in [0.15, 0.2) is 11.5 Å². The number of carbonyl (C=O) groups is 1. The van der Waals surface area contributed by atoms with Crippen LogP contribution in [0.3, 0.4) is 0 Å². The maximum Gasteiger partial charge on any atom is 0.251 e. The molecule has 0 unspecified atom stereocenters. The van der Waals surface area contributed by atoms with Crippen molar-refractivity contribution >= 4 is 11.6 Å². The van der Waals surface area contributed by atoms with Gasteiger partial charge in [0.1, 0.15) is 5.75 Å². The SMILES string of the molecule is O=C(CCOc1ccccc1)Nc1ccc2c(c1)OC1(CCCC1)O2. The van der Waals surface area contributed by atoms with Gasteiger partial charge in [-0.2, -0.15) is 0 Å². The zero-order chi connectivity index (χ0) is 17.1. The molecule has 2 aromatic carbocycles. The zero-order valence-electron chi connectivity index (χ0n) is 14.0. The lowest BCUT2D eigenvalue weighted by Gasteiger charge is -2.21. The van der Waals surface area contributed by atoms with Crippen LogP contribution in [0.1, 0.15) is 32.1 Å². The minimum absolute atomic E-state index is 0.0922. The number of nitrogens with one attached hydrogen (secondary N) is 1. The average molecular weight is 339 g/mol. The van der Waals surface area contributed by atoms with Gasteiger partial charge >= 0.3 is 0 Å². The molecule has 0 bridgehead atoms. The number of benzene rings is 2. The van der Waals surface area contributed by atoms with Crippen LogP contribution >= 0.6 is 0 Å². The lowest BCUT2D eigenvalue weighted by atomic mass is 10.2. The summed E-state index contributed by atoms with van der Waals surface area (Å²) in [7, 11) is 0. The van der Waals surface area contributed by atoms with Gasteiger partial charge in [0.05, 0.1) is 13.0 Å². The number of fused-ring (bicyclic) bond motifs is 1. The van der Waals surface area contributed by atoms with Crippen LogP contribution in [0.2, 0.25) is 0 Å². The Bertz CT molecular complexity index is 754. The number of amides is 1. The highest BCUT2D eigenvalue weighted by Gasteiger charge is 2.44. The predicted octanol–water partition coefficient (Wildman–Crippen LogP) is 4.14. The van der Waals surface area contributed by atoms with Crippen molar-refractivity contribution in [2.75, 3.05) is 11.9 Å². The third-order valence-electron chi connectivity index (χ3n) is 4.53. The summed E-state index contributed by atoms with van der Waals surface area (Å²) >= 11 is 0. The third-order valence-corrected chi connectivity index (χ3v) is 4.53. The van der Waals surface area contributed by atoms with E-state index in [9.17, 15) is 4.79 Å². The molecule has 1 aliphatic carbocycles. The molecule has 1 aliphatic heterocycles. The molecule has 25 heavy (non-hydrogen) atoms.